The molecule has 6 bridgehead atoms. The van der Waals surface area contributed by atoms with Crippen molar-refractivity contribution in [2.24, 2.45) is 11.8 Å². The van der Waals surface area contributed by atoms with Gasteiger partial charge in [0.1, 0.15) is 5.41 Å². The Hall–Kier alpha value is -1.89. The van der Waals surface area contributed by atoms with Crippen molar-refractivity contribution in [1.29, 1.82) is 0 Å². The van der Waals surface area contributed by atoms with Crippen LogP contribution in [0.15, 0.2) is 24.3 Å². The Morgan fingerprint density at radius 3 is 2.92 bits per heavy atom. The van der Waals surface area contributed by atoms with Crippen LogP contribution in [0.3, 0.4) is 0 Å². The van der Waals surface area contributed by atoms with Gasteiger partial charge in [0.25, 0.3) is 0 Å². The number of hydrogen-bond donors (Lipinski definition) is 3. The fraction of sp³-hybridized carbons (Fsp3) is 0.526. The number of benzene rings is 1. The van der Waals surface area contributed by atoms with Gasteiger partial charge in [0.15, 0.2) is 5.79 Å². The molecule has 3 saturated heterocycles. The predicted octanol–water partition coefficient (Wildman–Crippen LogP) is 1.61. The molecule has 1 aromatic heterocycles. The molecule has 0 spiro atoms. The summed E-state index contributed by atoms with van der Waals surface area (Å²) in [6.07, 6.45) is 1.48. The molecule has 2 aromatic rings. The molecule has 6 atom stereocenters. The van der Waals surface area contributed by atoms with E-state index in [1.165, 1.54) is 0 Å². The minimum absolute atomic E-state index is 0.0164. The summed E-state index contributed by atoms with van der Waals surface area (Å²) >= 11 is 0. The molecule has 0 amide bonds. The zero-order chi connectivity index (χ0) is 17.0. The highest BCUT2D eigenvalue weighted by molar-refractivity contribution is 5.91. The minimum Gasteiger partial charge on any atom is -0.480 e. The lowest BCUT2D eigenvalue weighted by Crippen LogP contribution is -2.50. The van der Waals surface area contributed by atoms with Crippen LogP contribution in [0.4, 0.5) is 0 Å². The lowest BCUT2D eigenvalue weighted by Gasteiger charge is -2.36. The van der Waals surface area contributed by atoms with Crippen LogP contribution >= 0.6 is 0 Å². The normalized spacial score (nSPS) is 43.9. The first-order valence-electron chi connectivity index (χ1n) is 9.02. The lowest BCUT2D eigenvalue weighted by molar-refractivity contribution is -0.231. The van der Waals surface area contributed by atoms with Crippen LogP contribution in [0.5, 0.6) is 0 Å². The maximum Gasteiger partial charge on any atom is 0.318 e. The van der Waals surface area contributed by atoms with Crippen LogP contribution in [0.25, 0.3) is 10.9 Å². The highest BCUT2D eigenvalue weighted by Gasteiger charge is 2.72. The zero-order valence-electron chi connectivity index (χ0n) is 13.7. The predicted molar refractivity (Wildman–Crippen MR) is 89.0 cm³/mol. The van der Waals surface area contributed by atoms with E-state index in [1.807, 2.05) is 18.2 Å². The number of aromatic amines is 1. The fourth-order valence-corrected chi connectivity index (χ4v) is 6.21. The smallest absolute Gasteiger partial charge is 0.318 e. The van der Waals surface area contributed by atoms with Crippen LogP contribution in [-0.4, -0.2) is 51.5 Å². The summed E-state index contributed by atoms with van der Waals surface area (Å²) < 4.78 is 5.93. The van der Waals surface area contributed by atoms with Crippen molar-refractivity contribution in [3.8, 4) is 0 Å². The van der Waals surface area contributed by atoms with E-state index in [0.717, 1.165) is 41.7 Å². The van der Waals surface area contributed by atoms with Gasteiger partial charge in [0.2, 0.25) is 0 Å². The average molecular weight is 340 g/mol. The number of carboxylic acid groups (broad SMARTS) is 1. The topological polar surface area (TPSA) is 85.8 Å². The molecule has 4 aliphatic rings. The van der Waals surface area contributed by atoms with E-state index in [2.05, 4.69) is 16.0 Å². The van der Waals surface area contributed by atoms with E-state index >= 15 is 0 Å². The monoisotopic (exact) mass is 340 g/mol. The third-order valence-electron chi connectivity index (χ3n) is 7.23. The summed E-state index contributed by atoms with van der Waals surface area (Å²) in [7, 11) is 0. The van der Waals surface area contributed by atoms with Crippen molar-refractivity contribution in [3.63, 3.8) is 0 Å². The van der Waals surface area contributed by atoms with Gasteiger partial charge in [-0.15, -0.1) is 0 Å². The fourth-order valence-electron chi connectivity index (χ4n) is 6.21. The number of ether oxygens (including phenoxy) is 1. The van der Waals surface area contributed by atoms with Gasteiger partial charge in [0, 0.05) is 34.5 Å². The molecular formula is C19H20N2O4. The Balaban J connectivity index is 1.78. The van der Waals surface area contributed by atoms with Crippen LogP contribution in [0, 0.1) is 11.8 Å². The van der Waals surface area contributed by atoms with E-state index in [9.17, 15) is 15.0 Å². The second-order valence-corrected chi connectivity index (χ2v) is 7.99. The molecule has 6 nitrogen and oxygen atoms in total. The van der Waals surface area contributed by atoms with Gasteiger partial charge in [-0.25, -0.2) is 0 Å². The van der Waals surface area contributed by atoms with Gasteiger partial charge in [0.05, 0.1) is 6.61 Å². The average Bonchev–Trinajstić information content (AvgIpc) is 3.19. The third-order valence-corrected chi connectivity index (χ3v) is 7.23. The molecule has 0 radical (unpaired) electrons. The summed E-state index contributed by atoms with van der Waals surface area (Å²) in [6, 6.07) is 8.05. The molecular weight excluding hydrogens is 320 g/mol. The number of aliphatic carboxylic acids is 1. The number of H-pyrrole nitrogens is 1. The number of aromatic nitrogens is 1. The Morgan fingerprint density at radius 1 is 1.28 bits per heavy atom. The Morgan fingerprint density at radius 2 is 2.08 bits per heavy atom. The second kappa shape index (κ2) is 4.26. The number of aliphatic hydroxyl groups is 1. The van der Waals surface area contributed by atoms with Gasteiger partial charge in [-0.2, -0.15) is 0 Å². The molecule has 6 heteroatoms. The SMILES string of the molecule is O=C(O)[C@@]12CO[C@@]3(O)C1CCN1CC[C@@H]3C1c1c2[nH]c2ccccc12. The largest absolute Gasteiger partial charge is 0.480 e. The molecule has 3 aliphatic heterocycles. The van der Waals surface area contributed by atoms with Crippen LogP contribution < -0.4 is 0 Å². The molecule has 3 unspecified atom stereocenters. The first-order chi connectivity index (χ1) is 12.1. The van der Waals surface area contributed by atoms with Crippen molar-refractivity contribution in [3.05, 3.63) is 35.5 Å². The molecule has 0 saturated carbocycles. The summed E-state index contributed by atoms with van der Waals surface area (Å²) in [5.41, 5.74) is 1.60. The number of hydrogen-bond acceptors (Lipinski definition) is 4. The van der Waals surface area contributed by atoms with E-state index < -0.39 is 23.1 Å². The highest BCUT2D eigenvalue weighted by Crippen LogP contribution is 2.63. The number of carboxylic acids is 1. The maximum absolute atomic E-state index is 12.6. The van der Waals surface area contributed by atoms with E-state index in [4.69, 9.17) is 4.74 Å². The molecule has 4 heterocycles. The zero-order valence-corrected chi connectivity index (χ0v) is 13.7. The lowest BCUT2D eigenvalue weighted by atomic mass is 9.69. The Kier molecular flexibility index (Phi) is 2.43. The number of para-hydroxylation sites is 1. The van der Waals surface area contributed by atoms with Crippen LogP contribution in [0.2, 0.25) is 0 Å². The van der Waals surface area contributed by atoms with Gasteiger partial charge < -0.3 is 19.9 Å². The van der Waals surface area contributed by atoms with Gasteiger partial charge in [-0.05, 0) is 37.6 Å². The number of nitrogens with zero attached hydrogens (tertiary/aromatic N) is 1. The van der Waals surface area contributed by atoms with Crippen molar-refractivity contribution >= 4 is 16.9 Å². The number of rotatable bonds is 1. The summed E-state index contributed by atoms with van der Waals surface area (Å²) in [6.45, 7) is 1.77. The van der Waals surface area contributed by atoms with Gasteiger partial charge >= 0.3 is 5.97 Å². The van der Waals surface area contributed by atoms with E-state index in [-0.39, 0.29) is 18.6 Å². The third kappa shape index (κ3) is 1.39. The molecule has 25 heavy (non-hydrogen) atoms. The number of carbonyl (C=O) groups is 1. The summed E-state index contributed by atoms with van der Waals surface area (Å²) in [5.74, 6) is -2.75. The molecule has 6 rings (SSSR count). The Labute approximate surface area is 144 Å². The van der Waals surface area contributed by atoms with Crippen molar-refractivity contribution < 1.29 is 19.7 Å². The van der Waals surface area contributed by atoms with E-state index in [1.54, 1.807) is 0 Å². The molecule has 1 aromatic carbocycles. The standard InChI is InChI=1S/C19H20N2O4/c22-17(23)18-9-25-19(24)11-5-7-21(8-6-13(18)19)15(11)14-10-3-1-2-4-12(10)20-16(14)18/h1-4,11,13,15,20,24H,5-9H2,(H,22,23)/t11-,13?,15?,18+,19-/m1/s1. The first-order valence-corrected chi connectivity index (χ1v) is 9.02. The summed E-state index contributed by atoms with van der Waals surface area (Å²) in [5, 5.41) is 22.9. The van der Waals surface area contributed by atoms with Crippen molar-refractivity contribution in [2.75, 3.05) is 19.7 Å². The minimum atomic E-state index is -1.35. The molecule has 1 aliphatic carbocycles. The molecule has 130 valence electrons. The summed E-state index contributed by atoms with van der Waals surface area (Å²) in [4.78, 5) is 18.4. The first kappa shape index (κ1) is 14.3. The van der Waals surface area contributed by atoms with Crippen molar-refractivity contribution in [2.45, 2.75) is 30.1 Å². The van der Waals surface area contributed by atoms with Gasteiger partial charge in [-0.3, -0.25) is 9.69 Å². The maximum atomic E-state index is 12.6. The van der Waals surface area contributed by atoms with E-state index in [0.29, 0.717) is 6.42 Å². The Bertz CT molecular complexity index is 923. The number of fused-ring (bicyclic) bond motifs is 4. The molecule has 3 N–H and O–H groups in total. The second-order valence-electron chi connectivity index (χ2n) is 7.99. The van der Waals surface area contributed by atoms with Crippen molar-refractivity contribution in [1.82, 2.24) is 9.88 Å². The molecule has 3 fully saturated rings. The van der Waals surface area contributed by atoms with Crippen LogP contribution in [-0.2, 0) is 14.9 Å². The highest BCUT2D eigenvalue weighted by atomic mass is 16.6. The quantitative estimate of drug-likeness (QED) is 0.734. The van der Waals surface area contributed by atoms with Gasteiger partial charge in [-0.1, -0.05) is 18.2 Å². The van der Waals surface area contributed by atoms with Crippen LogP contribution in [0.1, 0.15) is 30.1 Å². The number of nitrogens with one attached hydrogen (secondary N) is 1.